The summed E-state index contributed by atoms with van der Waals surface area (Å²) in [5.41, 5.74) is 16.8. The van der Waals surface area contributed by atoms with Gasteiger partial charge in [-0.05, 0) is 55.7 Å². The number of hydrogen-bond acceptors (Lipinski definition) is 7. The van der Waals surface area contributed by atoms with E-state index in [1.807, 2.05) is 67.8 Å². The van der Waals surface area contributed by atoms with Crippen molar-refractivity contribution in [2.45, 2.75) is 27.0 Å². The number of benzene rings is 2. The summed E-state index contributed by atoms with van der Waals surface area (Å²) in [6, 6.07) is 15.1. The van der Waals surface area contributed by atoms with E-state index in [-0.39, 0.29) is 6.61 Å². The molecule has 0 spiro atoms. The molecule has 0 bridgehead atoms. The van der Waals surface area contributed by atoms with Crippen molar-refractivity contribution in [2.24, 2.45) is 11.5 Å². The summed E-state index contributed by atoms with van der Waals surface area (Å²) < 4.78 is 13.2. The number of para-hydroxylation sites is 1. The number of fused-ring (bicyclic) bond motifs is 1. The van der Waals surface area contributed by atoms with Crippen molar-refractivity contribution in [3.05, 3.63) is 71.4 Å². The minimum atomic E-state index is -1.14. The van der Waals surface area contributed by atoms with E-state index in [0.29, 0.717) is 29.0 Å². The lowest BCUT2D eigenvalue weighted by Crippen LogP contribution is -2.28. The number of imidazole rings is 1. The van der Waals surface area contributed by atoms with Gasteiger partial charge in [0.1, 0.15) is 28.7 Å². The van der Waals surface area contributed by atoms with Crippen LogP contribution in [0.5, 0.6) is 11.5 Å². The number of aromatic nitrogens is 2. The third kappa shape index (κ3) is 4.95. The summed E-state index contributed by atoms with van der Waals surface area (Å²) in [6.07, 6.45) is 1.27. The van der Waals surface area contributed by atoms with Crippen molar-refractivity contribution >= 4 is 29.3 Å². The van der Waals surface area contributed by atoms with Gasteiger partial charge in [0.2, 0.25) is 6.23 Å². The number of ether oxygens (including phenoxy) is 2. The normalized spacial score (nSPS) is 11.8. The second kappa shape index (κ2) is 9.86. The van der Waals surface area contributed by atoms with Gasteiger partial charge in [-0.25, -0.2) is 4.98 Å². The van der Waals surface area contributed by atoms with Gasteiger partial charge in [-0.1, -0.05) is 24.3 Å². The number of nitrogens with zero attached hydrogens (tertiary/aromatic N) is 2. The molecule has 5 N–H and O–H groups in total. The molecule has 1 unspecified atom stereocenters. The van der Waals surface area contributed by atoms with Crippen molar-refractivity contribution < 1.29 is 19.1 Å². The Kier molecular flexibility index (Phi) is 6.70. The van der Waals surface area contributed by atoms with Crippen LogP contribution < -0.4 is 26.3 Å². The first-order valence-corrected chi connectivity index (χ1v) is 11.0. The molecule has 2 aromatic heterocycles. The summed E-state index contributed by atoms with van der Waals surface area (Å²) in [7, 11) is 0. The first kappa shape index (κ1) is 23.8. The minimum absolute atomic E-state index is 0.318. The number of aldehydes is 1. The second-order valence-electron chi connectivity index (χ2n) is 8.22. The number of hydrogen-bond donors (Lipinski definition) is 3. The smallest absolute Gasteiger partial charge is 0.255 e. The average Bonchev–Trinajstić information content (AvgIpc) is 3.17. The van der Waals surface area contributed by atoms with E-state index in [0.717, 1.165) is 33.8 Å². The Morgan fingerprint density at radius 3 is 2.54 bits per heavy atom. The van der Waals surface area contributed by atoms with Crippen molar-refractivity contribution in [2.75, 3.05) is 11.9 Å². The summed E-state index contributed by atoms with van der Waals surface area (Å²) in [6.45, 7) is 5.59. The predicted octanol–water partition coefficient (Wildman–Crippen LogP) is 3.40. The van der Waals surface area contributed by atoms with E-state index in [9.17, 15) is 9.59 Å². The highest BCUT2D eigenvalue weighted by molar-refractivity contribution is 5.86. The molecule has 35 heavy (non-hydrogen) atoms. The maximum atomic E-state index is 11.5. The molecule has 180 valence electrons. The molecule has 0 aliphatic heterocycles. The SMILES string of the molecule is Cc1cccc(C)c1Nc1c(-c2c(C)cc(OC(N)C=O)cc2OCC(N)=O)nc2ccccn12. The van der Waals surface area contributed by atoms with Gasteiger partial charge < -0.3 is 20.5 Å². The van der Waals surface area contributed by atoms with Gasteiger partial charge in [-0.15, -0.1) is 0 Å². The lowest BCUT2D eigenvalue weighted by Gasteiger charge is -2.18. The lowest BCUT2D eigenvalue weighted by atomic mass is 10.0. The van der Waals surface area contributed by atoms with Crippen LogP contribution in [0.4, 0.5) is 11.5 Å². The Labute approximate surface area is 202 Å². The number of amides is 1. The Bertz CT molecular complexity index is 1390. The molecular formula is C26H27N5O4. The highest BCUT2D eigenvalue weighted by Crippen LogP contribution is 2.41. The molecule has 0 saturated carbocycles. The van der Waals surface area contributed by atoms with Crippen LogP contribution in [-0.2, 0) is 9.59 Å². The summed E-state index contributed by atoms with van der Waals surface area (Å²) >= 11 is 0. The van der Waals surface area contributed by atoms with Crippen LogP contribution in [0.2, 0.25) is 0 Å². The third-order valence-corrected chi connectivity index (χ3v) is 5.54. The molecule has 2 aromatic carbocycles. The van der Waals surface area contributed by atoms with Gasteiger partial charge in [0.25, 0.3) is 5.91 Å². The highest BCUT2D eigenvalue weighted by Gasteiger charge is 2.23. The van der Waals surface area contributed by atoms with Gasteiger partial charge in [-0.3, -0.25) is 19.7 Å². The van der Waals surface area contributed by atoms with Gasteiger partial charge in [0.15, 0.2) is 12.9 Å². The van der Waals surface area contributed by atoms with Crippen molar-refractivity contribution in [3.8, 4) is 22.8 Å². The molecule has 0 fully saturated rings. The minimum Gasteiger partial charge on any atom is -0.483 e. The molecule has 0 saturated heterocycles. The summed E-state index contributed by atoms with van der Waals surface area (Å²) in [5.74, 6) is 0.736. The Morgan fingerprint density at radius 1 is 1.11 bits per heavy atom. The van der Waals surface area contributed by atoms with Crippen LogP contribution in [-0.4, -0.2) is 34.4 Å². The largest absolute Gasteiger partial charge is 0.483 e. The summed E-state index contributed by atoms with van der Waals surface area (Å²) in [5, 5.41) is 3.56. The van der Waals surface area contributed by atoms with E-state index in [4.69, 9.17) is 25.9 Å². The molecule has 2 heterocycles. The zero-order valence-corrected chi connectivity index (χ0v) is 19.7. The van der Waals surface area contributed by atoms with Gasteiger partial charge in [0, 0.05) is 23.5 Å². The van der Waals surface area contributed by atoms with Gasteiger partial charge >= 0.3 is 0 Å². The molecule has 0 radical (unpaired) electrons. The van der Waals surface area contributed by atoms with Crippen LogP contribution in [0.3, 0.4) is 0 Å². The van der Waals surface area contributed by atoms with Crippen LogP contribution in [0.25, 0.3) is 16.9 Å². The second-order valence-corrected chi connectivity index (χ2v) is 8.22. The zero-order valence-electron chi connectivity index (χ0n) is 19.7. The van der Waals surface area contributed by atoms with Crippen molar-refractivity contribution in [1.29, 1.82) is 0 Å². The monoisotopic (exact) mass is 473 g/mol. The number of rotatable bonds is 9. The van der Waals surface area contributed by atoms with Crippen molar-refractivity contribution in [1.82, 2.24) is 9.38 Å². The van der Waals surface area contributed by atoms with Crippen LogP contribution in [0.15, 0.2) is 54.7 Å². The van der Waals surface area contributed by atoms with E-state index in [1.165, 1.54) is 0 Å². The Morgan fingerprint density at radius 2 is 1.86 bits per heavy atom. The average molecular weight is 474 g/mol. The molecule has 1 amide bonds. The fraction of sp³-hybridized carbons (Fsp3) is 0.192. The van der Waals surface area contributed by atoms with E-state index >= 15 is 0 Å². The topological polar surface area (TPSA) is 134 Å². The zero-order chi connectivity index (χ0) is 25.1. The predicted molar refractivity (Wildman–Crippen MR) is 134 cm³/mol. The van der Waals surface area contributed by atoms with Crippen LogP contribution >= 0.6 is 0 Å². The number of nitrogens with one attached hydrogen (secondary N) is 1. The standard InChI is InChI=1S/C26H27N5O4/c1-15-7-6-8-16(2)24(15)30-26-25(29-22-9-4-5-10-31(22)26)23-17(3)11-18(35-21(28)13-32)12-19(23)34-14-20(27)33/h4-13,21,30H,14,28H2,1-3H3,(H2,27,33). The van der Waals surface area contributed by atoms with E-state index in [1.54, 1.807) is 12.1 Å². The quantitative estimate of drug-likeness (QED) is 0.251. The molecule has 0 aliphatic rings. The van der Waals surface area contributed by atoms with Crippen molar-refractivity contribution in [3.63, 3.8) is 0 Å². The Hall–Kier alpha value is -4.37. The van der Waals surface area contributed by atoms with E-state index in [2.05, 4.69) is 5.32 Å². The number of primary amides is 1. The highest BCUT2D eigenvalue weighted by atomic mass is 16.5. The fourth-order valence-electron chi connectivity index (χ4n) is 3.96. The number of carbonyl (C=O) groups excluding carboxylic acids is 2. The number of pyridine rings is 1. The maximum absolute atomic E-state index is 11.5. The molecule has 4 aromatic rings. The lowest BCUT2D eigenvalue weighted by molar-refractivity contribution is -0.120. The number of anilines is 2. The van der Waals surface area contributed by atoms with Gasteiger partial charge in [-0.2, -0.15) is 0 Å². The number of nitrogens with two attached hydrogens (primary N) is 2. The van der Waals surface area contributed by atoms with Gasteiger partial charge in [0.05, 0.1) is 0 Å². The van der Waals surface area contributed by atoms with Crippen LogP contribution in [0.1, 0.15) is 16.7 Å². The van der Waals surface area contributed by atoms with Crippen LogP contribution in [0, 0.1) is 20.8 Å². The molecule has 4 rings (SSSR count). The Balaban J connectivity index is 1.93. The first-order valence-electron chi connectivity index (χ1n) is 11.0. The molecule has 9 nitrogen and oxygen atoms in total. The van der Waals surface area contributed by atoms with E-state index < -0.39 is 12.1 Å². The number of aryl methyl sites for hydroxylation is 3. The first-order chi connectivity index (χ1) is 16.8. The molecule has 1 atom stereocenters. The third-order valence-electron chi connectivity index (χ3n) is 5.54. The summed E-state index contributed by atoms with van der Waals surface area (Å²) in [4.78, 5) is 27.4. The molecule has 0 aliphatic carbocycles. The number of carbonyl (C=O) groups is 2. The fourth-order valence-corrected chi connectivity index (χ4v) is 3.96. The maximum Gasteiger partial charge on any atom is 0.255 e. The molecular weight excluding hydrogens is 446 g/mol. The molecule has 9 heteroatoms.